The number of rotatable bonds is 3. The molecule has 3 rings (SSSR count). The zero-order valence-corrected chi connectivity index (χ0v) is 14.3. The summed E-state index contributed by atoms with van der Waals surface area (Å²) in [5, 5.41) is 5.21. The Kier molecular flexibility index (Phi) is 4.35. The van der Waals surface area contributed by atoms with Crippen LogP contribution in [0.3, 0.4) is 0 Å². The van der Waals surface area contributed by atoms with Gasteiger partial charge in [0.1, 0.15) is 11.3 Å². The van der Waals surface area contributed by atoms with Gasteiger partial charge in [-0.2, -0.15) is 0 Å². The molecule has 1 aromatic carbocycles. The van der Waals surface area contributed by atoms with Crippen LogP contribution in [0.4, 0.5) is 0 Å². The number of fused-ring (bicyclic) bond motifs is 1. The highest BCUT2D eigenvalue weighted by atomic mass is 32.2. The molecule has 6 heteroatoms. The topological polar surface area (TPSA) is 63.8 Å². The molecule has 0 atom stereocenters. The number of hydrogen-bond donors (Lipinski definition) is 1. The molecule has 23 heavy (non-hydrogen) atoms. The average molecular weight is 332 g/mol. The van der Waals surface area contributed by atoms with E-state index in [1.807, 2.05) is 12.1 Å². The number of benzene rings is 1. The van der Waals surface area contributed by atoms with Crippen LogP contribution in [0, 0.1) is 5.41 Å². The first-order valence-corrected chi connectivity index (χ1v) is 8.47. The summed E-state index contributed by atoms with van der Waals surface area (Å²) >= 11 is 1.61. The number of methoxy groups -OCH3 is 1. The molecule has 0 radical (unpaired) electrons. The minimum Gasteiger partial charge on any atom is -0.497 e. The van der Waals surface area contributed by atoms with E-state index < -0.39 is 0 Å². The van der Waals surface area contributed by atoms with Gasteiger partial charge >= 0.3 is 5.63 Å². The SMILES string of the molecule is COc1ccc2c(CSC3=NCC(C)(C)CN3)cc(=O)oc2c1. The molecule has 0 saturated heterocycles. The monoisotopic (exact) mass is 332 g/mol. The van der Waals surface area contributed by atoms with Crippen molar-refractivity contribution in [2.24, 2.45) is 10.4 Å². The standard InChI is InChI=1S/C17H20N2O3S/c1-17(2)9-18-16(19-10-17)23-8-11-6-15(20)22-14-7-12(21-3)4-5-13(11)14/h4-7H,8-10H2,1-3H3,(H,18,19). The third kappa shape index (κ3) is 3.69. The Morgan fingerprint density at radius 3 is 2.91 bits per heavy atom. The fourth-order valence-electron chi connectivity index (χ4n) is 2.41. The lowest BCUT2D eigenvalue weighted by Crippen LogP contribution is -2.39. The van der Waals surface area contributed by atoms with Crippen LogP contribution in [0.15, 0.2) is 38.5 Å². The Balaban J connectivity index is 1.83. The fourth-order valence-corrected chi connectivity index (χ4v) is 3.27. The maximum Gasteiger partial charge on any atom is 0.336 e. The van der Waals surface area contributed by atoms with Gasteiger partial charge in [-0.05, 0) is 17.7 Å². The highest BCUT2D eigenvalue weighted by molar-refractivity contribution is 8.13. The second-order valence-electron chi connectivity index (χ2n) is 6.38. The van der Waals surface area contributed by atoms with Crippen LogP contribution in [0.1, 0.15) is 19.4 Å². The van der Waals surface area contributed by atoms with Crippen LogP contribution in [0.2, 0.25) is 0 Å². The normalized spacial score (nSPS) is 16.7. The van der Waals surface area contributed by atoms with E-state index >= 15 is 0 Å². The van der Waals surface area contributed by atoms with Gasteiger partial charge in [0.2, 0.25) is 0 Å². The van der Waals surface area contributed by atoms with Crippen LogP contribution in [0.5, 0.6) is 5.75 Å². The third-order valence-corrected chi connectivity index (χ3v) is 4.77. The van der Waals surface area contributed by atoms with E-state index in [9.17, 15) is 4.79 Å². The second-order valence-corrected chi connectivity index (χ2v) is 7.34. The summed E-state index contributed by atoms with van der Waals surface area (Å²) in [5.41, 5.74) is 1.34. The Hall–Kier alpha value is -1.95. The molecule has 0 unspecified atom stereocenters. The molecule has 1 aliphatic rings. The molecular weight excluding hydrogens is 312 g/mol. The summed E-state index contributed by atoms with van der Waals surface area (Å²) in [7, 11) is 1.59. The van der Waals surface area contributed by atoms with E-state index in [0.29, 0.717) is 17.1 Å². The number of aliphatic imine (C=N–C) groups is 1. The minimum atomic E-state index is -0.346. The maximum atomic E-state index is 11.8. The van der Waals surface area contributed by atoms with Crippen molar-refractivity contribution in [1.82, 2.24) is 5.32 Å². The largest absolute Gasteiger partial charge is 0.497 e. The summed E-state index contributed by atoms with van der Waals surface area (Å²) < 4.78 is 10.5. The molecule has 1 aromatic heterocycles. The molecule has 0 aliphatic carbocycles. The number of ether oxygens (including phenoxy) is 1. The van der Waals surface area contributed by atoms with Crippen LogP contribution in [-0.2, 0) is 5.75 Å². The van der Waals surface area contributed by atoms with E-state index in [4.69, 9.17) is 9.15 Å². The van der Waals surface area contributed by atoms with E-state index in [1.165, 1.54) is 0 Å². The van der Waals surface area contributed by atoms with Crippen LogP contribution in [-0.4, -0.2) is 25.4 Å². The van der Waals surface area contributed by atoms with Crippen LogP contribution in [0.25, 0.3) is 11.0 Å². The zero-order valence-electron chi connectivity index (χ0n) is 13.5. The Labute approximate surface area is 139 Å². The van der Waals surface area contributed by atoms with E-state index in [2.05, 4.69) is 24.2 Å². The summed E-state index contributed by atoms with van der Waals surface area (Å²) in [5.74, 6) is 1.34. The minimum absolute atomic E-state index is 0.196. The molecule has 1 N–H and O–H groups in total. The molecule has 1 aliphatic heterocycles. The van der Waals surface area contributed by atoms with E-state index in [0.717, 1.165) is 29.2 Å². The smallest absolute Gasteiger partial charge is 0.336 e. The molecule has 2 aromatic rings. The van der Waals surface area contributed by atoms with Gasteiger partial charge < -0.3 is 14.5 Å². The fraction of sp³-hybridized carbons (Fsp3) is 0.412. The van der Waals surface area contributed by atoms with Crippen LogP contribution >= 0.6 is 11.8 Å². The van der Waals surface area contributed by atoms with E-state index in [-0.39, 0.29) is 11.0 Å². The molecule has 2 heterocycles. The molecule has 0 bridgehead atoms. The zero-order chi connectivity index (χ0) is 16.4. The van der Waals surface area contributed by atoms with Gasteiger partial charge in [-0.3, -0.25) is 4.99 Å². The first-order valence-electron chi connectivity index (χ1n) is 7.49. The summed E-state index contributed by atoms with van der Waals surface area (Å²) in [4.78, 5) is 16.4. The first kappa shape index (κ1) is 15.9. The number of nitrogens with one attached hydrogen (secondary N) is 1. The first-order chi connectivity index (χ1) is 11.0. The molecule has 0 amide bonds. The Bertz CT molecular complexity index is 811. The summed E-state index contributed by atoms with van der Waals surface area (Å²) in [6.07, 6.45) is 0. The molecule has 0 fully saturated rings. The molecule has 0 spiro atoms. The number of thioether (sulfide) groups is 1. The van der Waals surface area contributed by atoms with Gasteiger partial charge in [0, 0.05) is 41.8 Å². The van der Waals surface area contributed by atoms with Crippen molar-refractivity contribution in [2.75, 3.05) is 20.2 Å². The highest BCUT2D eigenvalue weighted by Gasteiger charge is 2.22. The average Bonchev–Trinajstić information content (AvgIpc) is 2.52. The van der Waals surface area contributed by atoms with Crippen molar-refractivity contribution >= 4 is 27.9 Å². The molecule has 0 saturated carbocycles. The van der Waals surface area contributed by atoms with Gasteiger partial charge in [-0.1, -0.05) is 25.6 Å². The lowest BCUT2D eigenvalue weighted by atomic mass is 9.93. The maximum absolute atomic E-state index is 11.8. The van der Waals surface area contributed by atoms with Crippen molar-refractivity contribution in [3.63, 3.8) is 0 Å². The quantitative estimate of drug-likeness (QED) is 0.875. The summed E-state index contributed by atoms with van der Waals surface area (Å²) in [6.45, 7) is 6.10. The van der Waals surface area contributed by atoms with Crippen molar-refractivity contribution < 1.29 is 9.15 Å². The van der Waals surface area contributed by atoms with Crippen LogP contribution < -0.4 is 15.7 Å². The van der Waals surface area contributed by atoms with Crippen molar-refractivity contribution in [1.29, 1.82) is 0 Å². The second kappa shape index (κ2) is 6.28. The number of hydrogen-bond acceptors (Lipinski definition) is 6. The molecular formula is C17H20N2O3S. The lowest BCUT2D eigenvalue weighted by molar-refractivity contribution is 0.364. The third-order valence-electron chi connectivity index (χ3n) is 3.77. The van der Waals surface area contributed by atoms with Crippen molar-refractivity contribution in [3.05, 3.63) is 40.2 Å². The highest BCUT2D eigenvalue weighted by Crippen LogP contribution is 2.26. The molecule has 122 valence electrons. The Morgan fingerprint density at radius 1 is 1.39 bits per heavy atom. The van der Waals surface area contributed by atoms with Gasteiger partial charge in [0.15, 0.2) is 5.17 Å². The number of amidine groups is 1. The Morgan fingerprint density at radius 2 is 2.22 bits per heavy atom. The predicted molar refractivity (Wildman–Crippen MR) is 94.4 cm³/mol. The van der Waals surface area contributed by atoms with E-state index in [1.54, 1.807) is 31.0 Å². The number of nitrogens with zero attached hydrogens (tertiary/aromatic N) is 1. The van der Waals surface area contributed by atoms with Gasteiger partial charge in [0.05, 0.1) is 7.11 Å². The molecule has 5 nitrogen and oxygen atoms in total. The van der Waals surface area contributed by atoms with Gasteiger partial charge in [-0.25, -0.2) is 4.79 Å². The van der Waals surface area contributed by atoms with Crippen molar-refractivity contribution in [3.8, 4) is 5.75 Å². The van der Waals surface area contributed by atoms with Gasteiger partial charge in [-0.15, -0.1) is 0 Å². The predicted octanol–water partition coefficient (Wildman–Crippen LogP) is 3.02. The van der Waals surface area contributed by atoms with Gasteiger partial charge in [0.25, 0.3) is 0 Å². The van der Waals surface area contributed by atoms with Crippen molar-refractivity contribution in [2.45, 2.75) is 19.6 Å². The summed E-state index contributed by atoms with van der Waals surface area (Å²) in [6, 6.07) is 7.08. The lowest BCUT2D eigenvalue weighted by Gasteiger charge is -2.28.